The number of benzene rings is 1. The van der Waals surface area contributed by atoms with Crippen LogP contribution in [0.5, 0.6) is 0 Å². The van der Waals surface area contributed by atoms with Gasteiger partial charge in [0.05, 0.1) is 17.9 Å². The second-order valence-electron chi connectivity index (χ2n) is 7.21. The lowest BCUT2D eigenvalue weighted by molar-refractivity contribution is -0.217. The Kier molecular flexibility index (Phi) is 5.44. The van der Waals surface area contributed by atoms with Crippen LogP contribution < -0.4 is 0 Å². The van der Waals surface area contributed by atoms with Gasteiger partial charge >= 0.3 is 16.1 Å². The zero-order chi connectivity index (χ0) is 21.4. The molecule has 1 aromatic rings. The number of ether oxygens (including phenoxy) is 4. The van der Waals surface area contributed by atoms with E-state index in [4.69, 9.17) is 23.1 Å². The number of fused-ring (bicyclic) bond motifs is 1. The van der Waals surface area contributed by atoms with Crippen molar-refractivity contribution in [1.82, 2.24) is 0 Å². The molecular formula is C19H21NO8S. The Hall–Kier alpha value is -2.45. The molecule has 0 N–H and O–H groups in total. The van der Waals surface area contributed by atoms with Gasteiger partial charge in [0.15, 0.2) is 17.5 Å². The Bertz CT molecular complexity index is 952. The van der Waals surface area contributed by atoms with Crippen LogP contribution in [0.25, 0.3) is 0 Å². The SMILES string of the molecule is C=C(OS(C)(=O)=O)[C@]1(C#N)[C@@H](COC(=O)c2ccccc2)O[C@@H]2OC(C)(C)O[C@@H]21. The van der Waals surface area contributed by atoms with Gasteiger partial charge in [-0.2, -0.15) is 13.7 Å². The van der Waals surface area contributed by atoms with Gasteiger partial charge < -0.3 is 23.1 Å². The third kappa shape index (κ3) is 4.13. The molecule has 0 aromatic heterocycles. The first-order valence-corrected chi connectivity index (χ1v) is 10.5. The van der Waals surface area contributed by atoms with Crippen LogP contribution in [0.3, 0.4) is 0 Å². The molecule has 1 aromatic carbocycles. The average molecular weight is 423 g/mol. The number of hydrogen-bond donors (Lipinski definition) is 0. The third-order valence-electron chi connectivity index (χ3n) is 4.59. The molecule has 2 saturated heterocycles. The van der Waals surface area contributed by atoms with Crippen molar-refractivity contribution in [3.05, 3.63) is 48.2 Å². The minimum absolute atomic E-state index is 0.313. The zero-order valence-corrected chi connectivity index (χ0v) is 17.0. The molecule has 9 nitrogen and oxygen atoms in total. The van der Waals surface area contributed by atoms with Crippen LogP contribution in [0.15, 0.2) is 42.7 Å². The zero-order valence-electron chi connectivity index (χ0n) is 16.2. The third-order valence-corrected chi connectivity index (χ3v) is 5.09. The summed E-state index contributed by atoms with van der Waals surface area (Å²) in [6.45, 7) is 6.51. The largest absolute Gasteiger partial charge is 0.459 e. The van der Waals surface area contributed by atoms with Crippen LogP contribution in [0.4, 0.5) is 0 Å². The predicted molar refractivity (Wildman–Crippen MR) is 98.5 cm³/mol. The summed E-state index contributed by atoms with van der Waals surface area (Å²) in [7, 11) is -3.97. The number of hydrogen-bond acceptors (Lipinski definition) is 9. The van der Waals surface area contributed by atoms with Crippen molar-refractivity contribution in [2.75, 3.05) is 12.9 Å². The topological polar surface area (TPSA) is 121 Å². The maximum atomic E-state index is 12.3. The highest BCUT2D eigenvalue weighted by molar-refractivity contribution is 7.86. The van der Waals surface area contributed by atoms with Crippen LogP contribution >= 0.6 is 0 Å². The van der Waals surface area contributed by atoms with Crippen LogP contribution in [0, 0.1) is 16.7 Å². The van der Waals surface area contributed by atoms with Gasteiger partial charge in [-0.15, -0.1) is 0 Å². The van der Waals surface area contributed by atoms with Gasteiger partial charge in [-0.3, -0.25) is 0 Å². The van der Waals surface area contributed by atoms with Crippen molar-refractivity contribution < 1.29 is 36.3 Å². The van der Waals surface area contributed by atoms with E-state index in [0.717, 1.165) is 6.26 Å². The fourth-order valence-electron chi connectivity index (χ4n) is 3.36. The van der Waals surface area contributed by atoms with E-state index in [-0.39, 0.29) is 6.61 Å². The highest BCUT2D eigenvalue weighted by atomic mass is 32.2. The van der Waals surface area contributed by atoms with Gasteiger partial charge in [0.1, 0.15) is 24.6 Å². The second kappa shape index (κ2) is 7.42. The van der Waals surface area contributed by atoms with Crippen molar-refractivity contribution in [3.8, 4) is 6.07 Å². The highest BCUT2D eigenvalue weighted by Crippen LogP contribution is 2.52. The minimum Gasteiger partial charge on any atom is -0.459 e. The molecule has 10 heteroatoms. The molecule has 3 rings (SSSR count). The maximum Gasteiger partial charge on any atom is 0.338 e. The number of esters is 1. The quantitative estimate of drug-likeness (QED) is 0.382. The lowest BCUT2D eigenvalue weighted by Gasteiger charge is -2.32. The lowest BCUT2D eigenvalue weighted by atomic mass is 9.78. The summed E-state index contributed by atoms with van der Waals surface area (Å²) in [6.07, 6.45) is -2.32. The molecule has 0 saturated carbocycles. The van der Waals surface area contributed by atoms with Gasteiger partial charge in [0.25, 0.3) is 0 Å². The summed E-state index contributed by atoms with van der Waals surface area (Å²) in [5, 5.41) is 10.0. The molecule has 0 spiro atoms. The molecule has 2 fully saturated rings. The molecular weight excluding hydrogens is 402 g/mol. The molecule has 0 amide bonds. The number of rotatable bonds is 6. The van der Waals surface area contributed by atoms with Gasteiger partial charge in [-0.1, -0.05) is 24.8 Å². The molecule has 0 aliphatic carbocycles. The number of nitriles is 1. The van der Waals surface area contributed by atoms with E-state index < -0.39 is 51.5 Å². The Morgan fingerprint density at radius 3 is 2.52 bits per heavy atom. The summed E-state index contributed by atoms with van der Waals surface area (Å²) >= 11 is 0. The maximum absolute atomic E-state index is 12.3. The van der Waals surface area contributed by atoms with E-state index in [2.05, 4.69) is 6.58 Å². The van der Waals surface area contributed by atoms with Crippen LogP contribution in [0.2, 0.25) is 0 Å². The van der Waals surface area contributed by atoms with Gasteiger partial charge in [-0.05, 0) is 26.0 Å². The normalized spacial score (nSPS) is 30.2. The minimum atomic E-state index is -3.97. The second-order valence-corrected chi connectivity index (χ2v) is 8.78. The lowest BCUT2D eigenvalue weighted by Crippen LogP contribution is -2.45. The first-order valence-electron chi connectivity index (χ1n) is 8.72. The summed E-state index contributed by atoms with van der Waals surface area (Å²) in [6, 6.07) is 10.3. The van der Waals surface area contributed by atoms with Crippen molar-refractivity contribution in [3.63, 3.8) is 0 Å². The van der Waals surface area contributed by atoms with E-state index in [1.165, 1.54) is 0 Å². The molecule has 0 bridgehead atoms. The molecule has 29 heavy (non-hydrogen) atoms. The van der Waals surface area contributed by atoms with E-state index in [9.17, 15) is 18.5 Å². The summed E-state index contributed by atoms with van der Waals surface area (Å²) in [5.74, 6) is -2.10. The summed E-state index contributed by atoms with van der Waals surface area (Å²) in [5.41, 5.74) is -1.47. The van der Waals surface area contributed by atoms with Crippen LogP contribution in [-0.2, 0) is 33.2 Å². The van der Waals surface area contributed by atoms with Crippen molar-refractivity contribution in [2.24, 2.45) is 5.41 Å². The first kappa shape index (κ1) is 21.3. The van der Waals surface area contributed by atoms with E-state index in [0.29, 0.717) is 5.56 Å². The van der Waals surface area contributed by atoms with Crippen molar-refractivity contribution in [1.29, 1.82) is 5.26 Å². The smallest absolute Gasteiger partial charge is 0.338 e. The monoisotopic (exact) mass is 423 g/mol. The standard InChI is InChI=1S/C19H21NO8S/c1-12(28-29(4,22)23)19(11-20)14(25-17-15(19)26-18(2,3)27-17)10-24-16(21)13-8-6-5-7-9-13/h5-9,14-15,17H,1,10H2,2-4H3/t14-,15+,17-,19-/m1/s1. The fourth-order valence-corrected chi connectivity index (χ4v) is 3.86. The Morgan fingerprint density at radius 2 is 1.93 bits per heavy atom. The molecule has 2 aliphatic heterocycles. The van der Waals surface area contributed by atoms with Crippen molar-refractivity contribution >= 4 is 16.1 Å². The average Bonchev–Trinajstić information content (AvgIpc) is 3.08. The number of nitrogens with zero attached hydrogens (tertiary/aromatic N) is 1. The Labute approximate surface area is 168 Å². The van der Waals surface area contributed by atoms with Gasteiger partial charge in [0.2, 0.25) is 0 Å². The molecule has 2 aliphatic rings. The van der Waals surface area contributed by atoms with E-state index in [1.807, 2.05) is 6.07 Å². The Balaban J connectivity index is 1.88. The summed E-state index contributed by atoms with van der Waals surface area (Å²) < 4.78 is 50.7. The van der Waals surface area contributed by atoms with E-state index >= 15 is 0 Å². The highest BCUT2D eigenvalue weighted by Gasteiger charge is 2.67. The van der Waals surface area contributed by atoms with Crippen LogP contribution in [-0.4, -0.2) is 51.5 Å². The Morgan fingerprint density at radius 1 is 1.28 bits per heavy atom. The molecule has 4 atom stereocenters. The fraction of sp³-hybridized carbons (Fsp3) is 0.474. The first-order chi connectivity index (χ1) is 13.5. The molecule has 156 valence electrons. The number of carbonyl (C=O) groups is 1. The molecule has 0 radical (unpaired) electrons. The molecule has 0 unspecified atom stereocenters. The van der Waals surface area contributed by atoms with E-state index in [1.54, 1.807) is 44.2 Å². The predicted octanol–water partition coefficient (Wildman–Crippen LogP) is 1.72. The molecule has 2 heterocycles. The summed E-state index contributed by atoms with van der Waals surface area (Å²) in [4.78, 5) is 12.3. The van der Waals surface area contributed by atoms with Crippen molar-refractivity contribution in [2.45, 2.75) is 38.1 Å². The van der Waals surface area contributed by atoms with Gasteiger partial charge in [0, 0.05) is 0 Å². The number of carbonyl (C=O) groups excluding carboxylic acids is 1. The van der Waals surface area contributed by atoms with Crippen LogP contribution in [0.1, 0.15) is 24.2 Å². The van der Waals surface area contributed by atoms with Gasteiger partial charge in [-0.25, -0.2) is 4.79 Å².